The molecule has 0 saturated heterocycles. The van der Waals surface area contributed by atoms with Crippen LogP contribution in [0.5, 0.6) is 0 Å². The lowest BCUT2D eigenvalue weighted by molar-refractivity contribution is -0.163. The Morgan fingerprint density at radius 3 is 1.06 bits per heavy atom. The third-order valence-corrected chi connectivity index (χ3v) is 9.85. The molecule has 64 heavy (non-hydrogen) atoms. The van der Waals surface area contributed by atoms with E-state index in [2.05, 4.69) is 167 Å². The van der Waals surface area contributed by atoms with Crippen molar-refractivity contribution >= 4 is 11.9 Å². The Balaban J connectivity index is 4.49. The maximum atomic E-state index is 12.8. The number of hydrogen-bond donors (Lipinski definition) is 0. The van der Waals surface area contributed by atoms with Crippen LogP contribution in [0.4, 0.5) is 0 Å². The van der Waals surface area contributed by atoms with Gasteiger partial charge in [-0.1, -0.05) is 186 Å². The maximum absolute atomic E-state index is 12.8. The van der Waals surface area contributed by atoms with Crippen molar-refractivity contribution in [3.8, 4) is 0 Å². The van der Waals surface area contributed by atoms with E-state index in [-0.39, 0.29) is 25.2 Å². The first-order valence-electron chi connectivity index (χ1n) is 25.4. The summed E-state index contributed by atoms with van der Waals surface area (Å²) in [5, 5.41) is 0. The second-order valence-corrected chi connectivity index (χ2v) is 15.9. The topological polar surface area (TPSA) is 61.8 Å². The van der Waals surface area contributed by atoms with Gasteiger partial charge in [-0.25, -0.2) is 0 Å². The molecule has 0 aromatic heterocycles. The fraction of sp³-hybridized carbons (Fsp3) is 0.559. The summed E-state index contributed by atoms with van der Waals surface area (Å²) in [6, 6.07) is 0. The van der Waals surface area contributed by atoms with E-state index in [0.29, 0.717) is 19.4 Å². The SMILES string of the molecule is CC/C=C\C/C=C\C/C=C\C/C=C\CCCCCCC(=O)OCC(COCCCCC/C=C\C/C=C\C/C=C\C/C=C\CC)OC(=O)CCCC/C=C\C/C=C\C/C=C\C/C=C\CC. The normalized spacial score (nSPS) is 13.5. The number of carbonyl (C=O) groups is 2. The summed E-state index contributed by atoms with van der Waals surface area (Å²) < 4.78 is 17.3. The molecule has 0 N–H and O–H groups in total. The second-order valence-electron chi connectivity index (χ2n) is 15.9. The number of hydrogen-bond acceptors (Lipinski definition) is 5. The van der Waals surface area contributed by atoms with Crippen LogP contribution in [0.1, 0.15) is 188 Å². The van der Waals surface area contributed by atoms with Gasteiger partial charge in [-0.15, -0.1) is 0 Å². The van der Waals surface area contributed by atoms with Crippen LogP contribution in [0, 0.1) is 0 Å². The van der Waals surface area contributed by atoms with Crippen molar-refractivity contribution in [2.75, 3.05) is 19.8 Å². The summed E-state index contributed by atoms with van der Waals surface area (Å²) in [6.45, 7) is 7.31. The quantitative estimate of drug-likeness (QED) is 0.0347. The fourth-order valence-corrected chi connectivity index (χ4v) is 6.19. The van der Waals surface area contributed by atoms with E-state index in [1.807, 2.05) is 0 Å². The lowest BCUT2D eigenvalue weighted by Gasteiger charge is -2.18. The average molecular weight is 881 g/mol. The third-order valence-electron chi connectivity index (χ3n) is 9.85. The van der Waals surface area contributed by atoms with Gasteiger partial charge in [-0.3, -0.25) is 9.59 Å². The van der Waals surface area contributed by atoms with Crippen LogP contribution in [0.25, 0.3) is 0 Å². The molecule has 0 fully saturated rings. The highest BCUT2D eigenvalue weighted by Crippen LogP contribution is 2.10. The van der Waals surface area contributed by atoms with Gasteiger partial charge in [0.05, 0.1) is 6.61 Å². The molecule has 0 aromatic carbocycles. The molecule has 0 rings (SSSR count). The number of rotatable bonds is 44. The van der Waals surface area contributed by atoms with Crippen LogP contribution in [0.15, 0.2) is 146 Å². The van der Waals surface area contributed by atoms with Gasteiger partial charge in [0, 0.05) is 19.4 Å². The van der Waals surface area contributed by atoms with E-state index < -0.39 is 6.10 Å². The zero-order valence-electron chi connectivity index (χ0n) is 41.0. The average Bonchev–Trinajstić information content (AvgIpc) is 3.30. The Morgan fingerprint density at radius 2 is 0.656 bits per heavy atom. The predicted molar refractivity (Wildman–Crippen MR) is 278 cm³/mol. The van der Waals surface area contributed by atoms with Crippen molar-refractivity contribution < 1.29 is 23.8 Å². The van der Waals surface area contributed by atoms with Gasteiger partial charge in [-0.05, 0) is 135 Å². The standard InChI is InChI=1S/C59H92O5/c1-4-7-10-13-16-19-22-25-28-30-32-34-37-40-43-46-49-52-58(60)63-56-57(55-62-54-51-48-45-42-39-36-33-29-26-23-20-17-14-11-8-5-2)64-59(61)53-50-47-44-41-38-35-31-27-24-21-18-15-12-9-6-3/h7-12,16-21,25-29,31-32,34,36,38-39,41,57H,4-6,13-15,22-24,30,33,35,37,40,42-56H2,1-3H3/b10-7-,11-8-,12-9-,19-16-,20-17-,21-18-,28-25-,29-26-,31-27-,34-32-,39-36-,41-38-. The number of unbranched alkanes of at least 4 members (excludes halogenated alkanes) is 9. The lowest BCUT2D eigenvalue weighted by Crippen LogP contribution is -2.30. The summed E-state index contributed by atoms with van der Waals surface area (Å²) >= 11 is 0. The molecule has 0 aliphatic rings. The third kappa shape index (κ3) is 50.4. The van der Waals surface area contributed by atoms with E-state index in [1.54, 1.807) is 0 Å². The Kier molecular flexibility index (Phi) is 49.6. The van der Waals surface area contributed by atoms with Crippen LogP contribution < -0.4 is 0 Å². The zero-order chi connectivity index (χ0) is 46.3. The summed E-state index contributed by atoms with van der Waals surface area (Å²) in [6.07, 6.45) is 77.2. The minimum absolute atomic E-state index is 0.0319. The molecule has 1 unspecified atom stereocenters. The Bertz CT molecular complexity index is 1410. The van der Waals surface area contributed by atoms with Crippen LogP contribution in [0.2, 0.25) is 0 Å². The minimum atomic E-state index is -0.596. The summed E-state index contributed by atoms with van der Waals surface area (Å²) in [5.74, 6) is -0.505. The molecule has 0 heterocycles. The Labute approximate surface area is 393 Å². The van der Waals surface area contributed by atoms with E-state index in [0.717, 1.165) is 154 Å². The van der Waals surface area contributed by atoms with Crippen molar-refractivity contribution in [1.82, 2.24) is 0 Å². The van der Waals surface area contributed by atoms with Crippen LogP contribution in [0.3, 0.4) is 0 Å². The number of carbonyl (C=O) groups excluding carboxylic acids is 2. The maximum Gasteiger partial charge on any atom is 0.306 e. The highest BCUT2D eigenvalue weighted by molar-refractivity contribution is 5.70. The van der Waals surface area contributed by atoms with E-state index in [4.69, 9.17) is 14.2 Å². The van der Waals surface area contributed by atoms with Gasteiger partial charge in [0.25, 0.3) is 0 Å². The first-order valence-corrected chi connectivity index (χ1v) is 25.4. The predicted octanol–water partition coefficient (Wildman–Crippen LogP) is 17.3. The number of esters is 2. The Hall–Kier alpha value is -4.22. The Morgan fingerprint density at radius 1 is 0.344 bits per heavy atom. The lowest BCUT2D eigenvalue weighted by atomic mass is 10.1. The smallest absolute Gasteiger partial charge is 0.306 e. The van der Waals surface area contributed by atoms with Crippen LogP contribution in [-0.2, 0) is 23.8 Å². The molecular formula is C59H92O5. The van der Waals surface area contributed by atoms with Gasteiger partial charge >= 0.3 is 11.9 Å². The summed E-state index contributed by atoms with van der Waals surface area (Å²) in [5.41, 5.74) is 0. The highest BCUT2D eigenvalue weighted by Gasteiger charge is 2.17. The van der Waals surface area contributed by atoms with Crippen molar-refractivity contribution in [2.24, 2.45) is 0 Å². The largest absolute Gasteiger partial charge is 0.462 e. The highest BCUT2D eigenvalue weighted by atomic mass is 16.6. The molecule has 0 amide bonds. The van der Waals surface area contributed by atoms with Gasteiger partial charge in [0.2, 0.25) is 0 Å². The molecular weight excluding hydrogens is 789 g/mol. The molecule has 0 spiro atoms. The fourth-order valence-electron chi connectivity index (χ4n) is 6.19. The van der Waals surface area contributed by atoms with Crippen molar-refractivity contribution in [3.63, 3.8) is 0 Å². The van der Waals surface area contributed by atoms with Gasteiger partial charge < -0.3 is 14.2 Å². The molecule has 0 aliphatic heterocycles. The van der Waals surface area contributed by atoms with Gasteiger partial charge in [0.1, 0.15) is 6.61 Å². The van der Waals surface area contributed by atoms with E-state index in [1.165, 1.54) is 0 Å². The molecule has 0 radical (unpaired) electrons. The molecule has 358 valence electrons. The van der Waals surface area contributed by atoms with Gasteiger partial charge in [0.15, 0.2) is 6.10 Å². The van der Waals surface area contributed by atoms with Crippen molar-refractivity contribution in [3.05, 3.63) is 146 Å². The van der Waals surface area contributed by atoms with E-state index >= 15 is 0 Å². The molecule has 5 nitrogen and oxygen atoms in total. The van der Waals surface area contributed by atoms with Gasteiger partial charge in [-0.2, -0.15) is 0 Å². The molecule has 1 atom stereocenters. The molecule has 0 bridgehead atoms. The molecule has 0 aliphatic carbocycles. The van der Waals surface area contributed by atoms with Crippen LogP contribution >= 0.6 is 0 Å². The van der Waals surface area contributed by atoms with Crippen LogP contribution in [-0.4, -0.2) is 37.9 Å². The minimum Gasteiger partial charge on any atom is -0.462 e. The molecule has 0 aromatic rings. The van der Waals surface area contributed by atoms with Crippen molar-refractivity contribution in [2.45, 2.75) is 194 Å². The van der Waals surface area contributed by atoms with Crippen molar-refractivity contribution in [1.29, 1.82) is 0 Å². The summed E-state index contributed by atoms with van der Waals surface area (Å²) in [4.78, 5) is 25.4. The molecule has 0 saturated carbocycles. The first-order chi connectivity index (χ1) is 31.6. The second kappa shape index (κ2) is 53.1. The van der Waals surface area contributed by atoms with E-state index in [9.17, 15) is 9.59 Å². The zero-order valence-corrected chi connectivity index (χ0v) is 41.0. The monoisotopic (exact) mass is 881 g/mol. The summed E-state index contributed by atoms with van der Waals surface area (Å²) in [7, 11) is 0. The number of ether oxygens (including phenoxy) is 3. The molecule has 5 heteroatoms. The first kappa shape index (κ1) is 59.8. The number of allylic oxidation sites excluding steroid dienone is 24.